The Hall–Kier alpha value is -3.18. The third-order valence-corrected chi connectivity index (χ3v) is 5.56. The number of carbonyl (C=O) groups is 1. The molecule has 3 aromatic rings. The van der Waals surface area contributed by atoms with E-state index in [4.69, 9.17) is 14.5 Å². The van der Waals surface area contributed by atoms with Crippen molar-refractivity contribution in [3.63, 3.8) is 0 Å². The number of carbonyl (C=O) groups excluding carboxylic acids is 1. The molecule has 0 bridgehead atoms. The van der Waals surface area contributed by atoms with Crippen molar-refractivity contribution in [2.75, 3.05) is 32.1 Å². The van der Waals surface area contributed by atoms with Gasteiger partial charge < -0.3 is 24.3 Å². The summed E-state index contributed by atoms with van der Waals surface area (Å²) in [4.78, 5) is 37.4. The highest BCUT2D eigenvalue weighted by Crippen LogP contribution is 2.27. The molecule has 1 saturated heterocycles. The van der Waals surface area contributed by atoms with E-state index in [1.165, 1.54) is 6.33 Å². The Morgan fingerprint density at radius 3 is 2.55 bits per heavy atom. The Kier molecular flexibility index (Phi) is 6.80. The fourth-order valence-electron chi connectivity index (χ4n) is 4.15. The van der Waals surface area contributed by atoms with E-state index in [2.05, 4.69) is 25.3 Å². The van der Waals surface area contributed by atoms with Gasteiger partial charge in [0.2, 0.25) is 5.91 Å². The summed E-state index contributed by atoms with van der Waals surface area (Å²) in [6, 6.07) is -0.622. The molecule has 0 aromatic carbocycles. The zero-order chi connectivity index (χ0) is 23.5. The van der Waals surface area contributed by atoms with Crippen LogP contribution in [0.25, 0.3) is 22.6 Å². The number of fused-ring (bicyclic) bond motifs is 1. The molecular weight excluding hydrogens is 424 g/mol. The molecule has 0 radical (unpaired) electrons. The number of nitrogens with zero attached hydrogens (tertiary/aromatic N) is 7. The van der Waals surface area contributed by atoms with Crippen molar-refractivity contribution in [2.45, 2.75) is 52.5 Å². The van der Waals surface area contributed by atoms with E-state index >= 15 is 0 Å². The van der Waals surface area contributed by atoms with E-state index in [9.17, 15) is 4.79 Å². The Bertz CT molecular complexity index is 1110. The first-order valence-electron chi connectivity index (χ1n) is 11.1. The average Bonchev–Trinajstić information content (AvgIpc) is 3.17. The minimum Gasteiger partial charge on any atom is -0.382 e. The number of aryl methyl sites for hydroxylation is 2. The van der Waals surface area contributed by atoms with Crippen LogP contribution in [0, 0.1) is 6.92 Å². The number of amides is 1. The molecule has 3 atom stereocenters. The second-order valence-corrected chi connectivity index (χ2v) is 8.25. The van der Waals surface area contributed by atoms with Crippen molar-refractivity contribution in [3.05, 3.63) is 24.5 Å². The molecule has 33 heavy (non-hydrogen) atoms. The fourth-order valence-corrected chi connectivity index (χ4v) is 4.15. The molecule has 0 spiro atoms. The Balaban J connectivity index is 1.68. The summed E-state index contributed by atoms with van der Waals surface area (Å²) in [7, 11) is 1.57. The van der Waals surface area contributed by atoms with Crippen LogP contribution in [0.15, 0.2) is 18.7 Å². The largest absolute Gasteiger partial charge is 0.382 e. The van der Waals surface area contributed by atoms with Gasteiger partial charge in [-0.1, -0.05) is 0 Å². The molecule has 11 nitrogen and oxygen atoms in total. The highest BCUT2D eigenvalue weighted by Gasteiger charge is 2.31. The highest BCUT2D eigenvalue weighted by atomic mass is 16.5. The Morgan fingerprint density at radius 1 is 1.21 bits per heavy atom. The smallest absolute Gasteiger partial charge is 0.247 e. The highest BCUT2D eigenvalue weighted by molar-refractivity contribution is 5.90. The van der Waals surface area contributed by atoms with Crippen molar-refractivity contribution >= 4 is 22.9 Å². The van der Waals surface area contributed by atoms with Gasteiger partial charge in [0.25, 0.3) is 0 Å². The molecule has 1 fully saturated rings. The van der Waals surface area contributed by atoms with Crippen LogP contribution in [0.4, 0.5) is 5.82 Å². The minimum atomic E-state index is -0.622. The molecule has 3 aromatic heterocycles. The van der Waals surface area contributed by atoms with Crippen molar-refractivity contribution in [3.8, 4) is 11.4 Å². The van der Waals surface area contributed by atoms with Crippen LogP contribution in [0.5, 0.6) is 0 Å². The predicted octanol–water partition coefficient (Wildman–Crippen LogP) is 1.67. The van der Waals surface area contributed by atoms with Crippen LogP contribution in [0.3, 0.4) is 0 Å². The van der Waals surface area contributed by atoms with Crippen molar-refractivity contribution in [1.82, 2.24) is 34.4 Å². The number of hydrogen-bond acceptors (Lipinski definition) is 9. The molecule has 176 valence electrons. The number of anilines is 1. The maximum absolute atomic E-state index is 13.3. The number of methoxy groups -OCH3 is 1. The summed E-state index contributed by atoms with van der Waals surface area (Å²) in [5, 5.41) is 3.26. The first-order valence-corrected chi connectivity index (χ1v) is 11.1. The zero-order valence-electron chi connectivity index (χ0n) is 19.6. The number of ether oxygens (including phenoxy) is 2. The molecule has 3 unspecified atom stereocenters. The summed E-state index contributed by atoms with van der Waals surface area (Å²) in [5.74, 6) is 1.80. The lowest BCUT2D eigenvalue weighted by Crippen LogP contribution is -2.53. The molecule has 0 aliphatic carbocycles. The van der Waals surface area contributed by atoms with Gasteiger partial charge in [-0.15, -0.1) is 0 Å². The SMILES string of the molecule is CCn1c(-c2cnc(C)nc2)nc2c(NC(COC)C(=O)N3CC(C)OC(C)C3)ncnc21. The molecule has 4 rings (SSSR count). The van der Waals surface area contributed by atoms with Crippen molar-refractivity contribution in [2.24, 2.45) is 0 Å². The molecule has 0 saturated carbocycles. The monoisotopic (exact) mass is 454 g/mol. The molecule has 1 aliphatic heterocycles. The lowest BCUT2D eigenvalue weighted by Gasteiger charge is -2.37. The summed E-state index contributed by atoms with van der Waals surface area (Å²) in [6.45, 7) is 9.71. The summed E-state index contributed by atoms with van der Waals surface area (Å²) in [6.07, 6.45) is 4.92. The Labute approximate surface area is 192 Å². The second kappa shape index (κ2) is 9.75. The molecule has 11 heteroatoms. The first-order chi connectivity index (χ1) is 15.9. The van der Waals surface area contributed by atoms with Crippen LogP contribution < -0.4 is 5.32 Å². The third kappa shape index (κ3) is 4.79. The number of imidazole rings is 1. The minimum absolute atomic E-state index is 0.0220. The second-order valence-electron chi connectivity index (χ2n) is 8.25. The summed E-state index contributed by atoms with van der Waals surface area (Å²) >= 11 is 0. The van der Waals surface area contributed by atoms with Crippen LogP contribution in [0.2, 0.25) is 0 Å². The first kappa shape index (κ1) is 23.0. The maximum Gasteiger partial charge on any atom is 0.247 e. The van der Waals surface area contributed by atoms with E-state index < -0.39 is 6.04 Å². The normalized spacial score (nSPS) is 19.6. The zero-order valence-corrected chi connectivity index (χ0v) is 19.6. The molecule has 1 aliphatic rings. The van der Waals surface area contributed by atoms with Crippen molar-refractivity contribution in [1.29, 1.82) is 0 Å². The topological polar surface area (TPSA) is 120 Å². The van der Waals surface area contributed by atoms with Crippen LogP contribution in [-0.4, -0.2) is 85.4 Å². The summed E-state index contributed by atoms with van der Waals surface area (Å²) < 4.78 is 13.1. The number of rotatable bonds is 7. The quantitative estimate of drug-likeness (QED) is 0.568. The van der Waals surface area contributed by atoms with E-state index in [1.54, 1.807) is 19.5 Å². The van der Waals surface area contributed by atoms with Gasteiger partial charge in [0, 0.05) is 39.1 Å². The molecule has 1 amide bonds. The van der Waals surface area contributed by atoms with Gasteiger partial charge >= 0.3 is 0 Å². The standard InChI is InChI=1S/C22H30N8O3/c1-6-30-20(16-7-23-15(4)24-8-16)28-18-19(25-12-26-21(18)30)27-17(11-32-5)22(31)29-9-13(2)33-14(3)10-29/h7-8,12-14,17H,6,9-11H2,1-5H3,(H,25,26,27). The average molecular weight is 455 g/mol. The summed E-state index contributed by atoms with van der Waals surface area (Å²) in [5.41, 5.74) is 2.03. The van der Waals surface area contributed by atoms with E-state index in [0.29, 0.717) is 48.3 Å². The van der Waals surface area contributed by atoms with Gasteiger partial charge in [0.15, 0.2) is 17.0 Å². The van der Waals surface area contributed by atoms with Gasteiger partial charge in [0.05, 0.1) is 24.4 Å². The van der Waals surface area contributed by atoms with Gasteiger partial charge in [-0.3, -0.25) is 4.79 Å². The van der Waals surface area contributed by atoms with E-state index in [-0.39, 0.29) is 24.7 Å². The van der Waals surface area contributed by atoms with Gasteiger partial charge in [0.1, 0.15) is 24.0 Å². The fraction of sp³-hybridized carbons (Fsp3) is 0.545. The van der Waals surface area contributed by atoms with E-state index in [0.717, 1.165) is 5.56 Å². The maximum atomic E-state index is 13.3. The van der Waals surface area contributed by atoms with Crippen LogP contribution >= 0.6 is 0 Å². The molecule has 4 heterocycles. The third-order valence-electron chi connectivity index (χ3n) is 5.56. The van der Waals surface area contributed by atoms with E-state index in [1.807, 2.05) is 37.2 Å². The van der Waals surface area contributed by atoms with Crippen molar-refractivity contribution < 1.29 is 14.3 Å². The van der Waals surface area contributed by atoms with Crippen LogP contribution in [0.1, 0.15) is 26.6 Å². The van der Waals surface area contributed by atoms with Gasteiger partial charge in [-0.25, -0.2) is 24.9 Å². The Morgan fingerprint density at radius 2 is 1.91 bits per heavy atom. The number of morpholine rings is 1. The predicted molar refractivity (Wildman–Crippen MR) is 123 cm³/mol. The number of hydrogen-bond donors (Lipinski definition) is 1. The lowest BCUT2D eigenvalue weighted by atomic mass is 10.2. The number of nitrogens with one attached hydrogen (secondary N) is 1. The molecular formula is C22H30N8O3. The van der Waals surface area contributed by atoms with Crippen LogP contribution in [-0.2, 0) is 20.8 Å². The molecule has 1 N–H and O–H groups in total. The lowest BCUT2D eigenvalue weighted by molar-refractivity contribution is -0.145. The van der Waals surface area contributed by atoms with Gasteiger partial charge in [-0.05, 0) is 27.7 Å². The number of aromatic nitrogens is 6. The van der Waals surface area contributed by atoms with Gasteiger partial charge in [-0.2, -0.15) is 0 Å².